The third kappa shape index (κ3) is 5.01. The quantitative estimate of drug-likeness (QED) is 0.617. The minimum absolute atomic E-state index is 0.247. The van der Waals surface area contributed by atoms with E-state index in [-0.39, 0.29) is 6.61 Å². The fraction of sp³-hybridized carbons (Fsp3) is 1.00. The van der Waals surface area contributed by atoms with Gasteiger partial charge in [0.2, 0.25) is 0 Å². The zero-order valence-electron chi connectivity index (χ0n) is 8.32. The van der Waals surface area contributed by atoms with E-state index in [4.69, 9.17) is 5.11 Å². The van der Waals surface area contributed by atoms with E-state index in [1.165, 1.54) is 0 Å². The summed E-state index contributed by atoms with van der Waals surface area (Å²) in [6.45, 7) is 8.54. The van der Waals surface area contributed by atoms with Crippen LogP contribution in [0.2, 0.25) is 0 Å². The molecule has 0 aliphatic rings. The van der Waals surface area contributed by atoms with Gasteiger partial charge >= 0.3 is 0 Å². The van der Waals surface area contributed by atoms with Gasteiger partial charge in [-0.1, -0.05) is 6.92 Å². The predicted octanol–water partition coefficient (Wildman–Crippen LogP) is 1.25. The maximum atomic E-state index is 8.81. The van der Waals surface area contributed by atoms with Crippen molar-refractivity contribution in [2.24, 2.45) is 5.92 Å². The average Bonchev–Trinajstić information content (AvgIpc) is 2.03. The molecule has 2 nitrogen and oxygen atoms in total. The maximum absolute atomic E-state index is 8.81. The highest BCUT2D eigenvalue weighted by Crippen LogP contribution is 2.05. The zero-order valence-corrected chi connectivity index (χ0v) is 9.22. The number of aliphatic hydroxyl groups excluding tert-OH is 1. The molecule has 12 heavy (non-hydrogen) atoms. The zero-order chi connectivity index (χ0) is 9.56. The van der Waals surface area contributed by atoms with Gasteiger partial charge in [0.25, 0.3) is 0 Å². The summed E-state index contributed by atoms with van der Waals surface area (Å²) >= 11 is 4.24. The highest BCUT2D eigenvalue weighted by Gasteiger charge is 2.11. The van der Waals surface area contributed by atoms with Crippen LogP contribution in [0, 0.1) is 5.92 Å². The van der Waals surface area contributed by atoms with E-state index in [0.717, 1.165) is 18.8 Å². The summed E-state index contributed by atoms with van der Waals surface area (Å²) in [5.41, 5.74) is 0. The van der Waals surface area contributed by atoms with E-state index in [1.807, 2.05) is 0 Å². The molecule has 1 unspecified atom stereocenters. The molecule has 0 fully saturated rings. The Hall–Kier alpha value is 0.270. The Balaban J connectivity index is 3.77. The molecule has 0 aromatic carbocycles. The first-order chi connectivity index (χ1) is 5.61. The third-order valence-electron chi connectivity index (χ3n) is 1.98. The number of hydrogen-bond acceptors (Lipinski definition) is 3. The lowest BCUT2D eigenvalue weighted by atomic mass is 10.2. The SMILES string of the molecule is CC(CS)CN(CCO)C(C)C. The molecule has 0 aliphatic heterocycles. The number of aliphatic hydroxyl groups is 1. The molecule has 0 bridgehead atoms. The van der Waals surface area contributed by atoms with Crippen LogP contribution in [0.3, 0.4) is 0 Å². The second-order valence-corrected chi connectivity index (χ2v) is 3.97. The summed E-state index contributed by atoms with van der Waals surface area (Å²) in [5.74, 6) is 1.51. The molecule has 0 rings (SSSR count). The molecule has 1 N–H and O–H groups in total. The van der Waals surface area contributed by atoms with E-state index < -0.39 is 0 Å². The van der Waals surface area contributed by atoms with Gasteiger partial charge in [0.05, 0.1) is 6.61 Å². The Labute approximate surface area is 81.4 Å². The maximum Gasteiger partial charge on any atom is 0.0558 e. The van der Waals surface area contributed by atoms with Crippen LogP contribution in [0.4, 0.5) is 0 Å². The van der Waals surface area contributed by atoms with Gasteiger partial charge < -0.3 is 5.11 Å². The average molecular weight is 191 g/mol. The van der Waals surface area contributed by atoms with E-state index in [2.05, 4.69) is 38.3 Å². The largest absolute Gasteiger partial charge is 0.395 e. The van der Waals surface area contributed by atoms with Gasteiger partial charge in [-0.05, 0) is 25.5 Å². The van der Waals surface area contributed by atoms with Crippen LogP contribution >= 0.6 is 12.6 Å². The lowest BCUT2D eigenvalue weighted by molar-refractivity contribution is 0.152. The summed E-state index contributed by atoms with van der Waals surface area (Å²) in [5, 5.41) is 8.81. The van der Waals surface area contributed by atoms with E-state index in [1.54, 1.807) is 0 Å². The molecule has 0 aromatic rings. The molecular formula is C9H21NOS. The van der Waals surface area contributed by atoms with Gasteiger partial charge in [0, 0.05) is 19.1 Å². The number of hydrogen-bond donors (Lipinski definition) is 2. The lowest BCUT2D eigenvalue weighted by Crippen LogP contribution is -2.37. The highest BCUT2D eigenvalue weighted by atomic mass is 32.1. The molecule has 1 atom stereocenters. The standard InChI is InChI=1S/C9H21NOS/c1-8(2)10(4-5-11)6-9(3)7-12/h8-9,11-12H,4-7H2,1-3H3. The van der Waals surface area contributed by atoms with Gasteiger partial charge in [-0.25, -0.2) is 0 Å². The van der Waals surface area contributed by atoms with Crippen LogP contribution in [0.15, 0.2) is 0 Å². The van der Waals surface area contributed by atoms with Gasteiger partial charge in [0.15, 0.2) is 0 Å². The topological polar surface area (TPSA) is 23.5 Å². The number of rotatable bonds is 6. The Kier molecular flexibility index (Phi) is 6.90. The Morgan fingerprint density at radius 2 is 1.92 bits per heavy atom. The van der Waals surface area contributed by atoms with Crippen molar-refractivity contribution in [2.75, 3.05) is 25.4 Å². The van der Waals surface area contributed by atoms with Crippen LogP contribution in [0.1, 0.15) is 20.8 Å². The van der Waals surface area contributed by atoms with E-state index >= 15 is 0 Å². The number of nitrogens with zero attached hydrogens (tertiary/aromatic N) is 1. The highest BCUT2D eigenvalue weighted by molar-refractivity contribution is 7.80. The normalized spacial score (nSPS) is 14.2. The Morgan fingerprint density at radius 1 is 1.33 bits per heavy atom. The van der Waals surface area contributed by atoms with Crippen LogP contribution in [0.5, 0.6) is 0 Å². The molecule has 0 saturated carbocycles. The molecular weight excluding hydrogens is 170 g/mol. The molecule has 3 heteroatoms. The summed E-state index contributed by atoms with van der Waals surface area (Å²) < 4.78 is 0. The van der Waals surface area contributed by atoms with Crippen molar-refractivity contribution in [3.05, 3.63) is 0 Å². The van der Waals surface area contributed by atoms with Gasteiger partial charge in [-0.3, -0.25) is 4.90 Å². The Bertz CT molecular complexity index is 109. The minimum Gasteiger partial charge on any atom is -0.395 e. The summed E-state index contributed by atoms with van der Waals surface area (Å²) in [7, 11) is 0. The number of thiol groups is 1. The second-order valence-electron chi connectivity index (χ2n) is 3.60. The Morgan fingerprint density at radius 3 is 2.25 bits per heavy atom. The molecule has 0 saturated heterocycles. The van der Waals surface area contributed by atoms with Crippen LogP contribution in [-0.2, 0) is 0 Å². The molecule has 0 aromatic heterocycles. The first-order valence-electron chi connectivity index (χ1n) is 4.57. The fourth-order valence-electron chi connectivity index (χ4n) is 1.15. The van der Waals surface area contributed by atoms with Gasteiger partial charge in [-0.15, -0.1) is 0 Å². The van der Waals surface area contributed by atoms with Crippen molar-refractivity contribution in [1.82, 2.24) is 4.90 Å². The second kappa shape index (κ2) is 6.75. The smallest absolute Gasteiger partial charge is 0.0558 e. The van der Waals surface area contributed by atoms with Crippen molar-refractivity contribution < 1.29 is 5.11 Å². The van der Waals surface area contributed by atoms with Crippen molar-refractivity contribution in [3.63, 3.8) is 0 Å². The summed E-state index contributed by atoms with van der Waals surface area (Å²) in [6.07, 6.45) is 0. The molecule has 0 heterocycles. The van der Waals surface area contributed by atoms with Crippen molar-refractivity contribution in [3.8, 4) is 0 Å². The minimum atomic E-state index is 0.247. The molecule has 74 valence electrons. The van der Waals surface area contributed by atoms with Crippen LogP contribution < -0.4 is 0 Å². The first-order valence-corrected chi connectivity index (χ1v) is 5.20. The monoisotopic (exact) mass is 191 g/mol. The van der Waals surface area contributed by atoms with Crippen molar-refractivity contribution in [1.29, 1.82) is 0 Å². The molecule has 0 spiro atoms. The van der Waals surface area contributed by atoms with Crippen molar-refractivity contribution in [2.45, 2.75) is 26.8 Å². The molecule has 0 amide bonds. The summed E-state index contributed by atoms with van der Waals surface area (Å²) in [6, 6.07) is 0.513. The van der Waals surface area contributed by atoms with Gasteiger partial charge in [0.1, 0.15) is 0 Å². The predicted molar refractivity (Wildman–Crippen MR) is 56.8 cm³/mol. The summed E-state index contributed by atoms with van der Waals surface area (Å²) in [4.78, 5) is 2.28. The van der Waals surface area contributed by atoms with Crippen LogP contribution in [-0.4, -0.2) is 41.5 Å². The van der Waals surface area contributed by atoms with E-state index in [0.29, 0.717) is 12.0 Å². The van der Waals surface area contributed by atoms with Crippen LogP contribution in [0.25, 0.3) is 0 Å². The van der Waals surface area contributed by atoms with Gasteiger partial charge in [-0.2, -0.15) is 12.6 Å². The fourth-order valence-corrected chi connectivity index (χ4v) is 1.26. The third-order valence-corrected chi connectivity index (χ3v) is 2.60. The lowest BCUT2D eigenvalue weighted by Gasteiger charge is -2.27. The first kappa shape index (κ1) is 12.3. The molecule has 0 radical (unpaired) electrons. The van der Waals surface area contributed by atoms with E-state index in [9.17, 15) is 0 Å². The molecule has 0 aliphatic carbocycles. The van der Waals surface area contributed by atoms with Crippen molar-refractivity contribution >= 4 is 12.6 Å².